The monoisotopic (exact) mass is 438 g/mol. The molecule has 156 valence electrons. The van der Waals surface area contributed by atoms with Gasteiger partial charge in [0.25, 0.3) is 0 Å². The summed E-state index contributed by atoms with van der Waals surface area (Å²) in [5, 5.41) is 7.67. The molecular formula is C24H26N2O2S2. The molecule has 0 aliphatic rings. The van der Waals surface area contributed by atoms with Gasteiger partial charge in [0.2, 0.25) is 0 Å². The fraction of sp³-hybridized carbons (Fsp3) is 0.250. The van der Waals surface area contributed by atoms with Crippen molar-refractivity contribution in [2.45, 2.75) is 33.1 Å². The summed E-state index contributed by atoms with van der Waals surface area (Å²) in [4.78, 5) is 13.4. The van der Waals surface area contributed by atoms with Gasteiger partial charge in [-0.2, -0.15) is 0 Å². The number of benzene rings is 2. The third-order valence-electron chi connectivity index (χ3n) is 4.80. The fourth-order valence-electron chi connectivity index (χ4n) is 3.27. The Morgan fingerprint density at radius 2 is 1.83 bits per heavy atom. The predicted octanol–water partition coefficient (Wildman–Crippen LogP) is 6.37. The first-order valence-corrected chi connectivity index (χ1v) is 11.0. The lowest BCUT2D eigenvalue weighted by Gasteiger charge is -2.18. The number of carbonyl (C=O) groups excluding carboxylic acids is 1. The lowest BCUT2D eigenvalue weighted by molar-refractivity contribution is 0.0602. The van der Waals surface area contributed by atoms with E-state index in [1.807, 2.05) is 24.3 Å². The molecule has 0 aliphatic carbocycles. The number of anilines is 2. The highest BCUT2D eigenvalue weighted by Crippen LogP contribution is 2.32. The summed E-state index contributed by atoms with van der Waals surface area (Å²) < 4.78 is 4.97. The summed E-state index contributed by atoms with van der Waals surface area (Å²) in [5.41, 5.74) is 5.00. The third-order valence-corrected chi connectivity index (χ3v) is 6.06. The van der Waals surface area contributed by atoms with Crippen LogP contribution in [0.3, 0.4) is 0 Å². The van der Waals surface area contributed by atoms with E-state index in [9.17, 15) is 4.79 Å². The van der Waals surface area contributed by atoms with E-state index in [0.717, 1.165) is 22.5 Å². The standard InChI is InChI=1S/C24H26N2O2S2/c1-15(2)19-12-8-9-16(3)21(19)25-24(29)26-22-20(23(27)28-4)14-18(30-22)13-17-10-6-5-7-11-17/h5-12,14-15H,13H2,1-4H3,(H2,25,26,29). The lowest BCUT2D eigenvalue weighted by Crippen LogP contribution is -2.21. The zero-order chi connectivity index (χ0) is 21.7. The molecule has 1 heterocycles. The number of aryl methyl sites for hydroxylation is 1. The molecule has 2 N–H and O–H groups in total. The molecule has 3 aromatic rings. The largest absolute Gasteiger partial charge is 0.465 e. The van der Waals surface area contributed by atoms with Crippen LogP contribution in [0, 0.1) is 6.92 Å². The molecule has 0 radical (unpaired) electrons. The van der Waals surface area contributed by atoms with Crippen molar-refractivity contribution in [3.05, 3.63) is 81.7 Å². The first-order chi connectivity index (χ1) is 14.4. The van der Waals surface area contributed by atoms with E-state index in [2.05, 4.69) is 61.7 Å². The smallest absolute Gasteiger partial charge is 0.340 e. The number of nitrogens with one attached hydrogen (secondary N) is 2. The molecule has 6 heteroatoms. The van der Waals surface area contributed by atoms with Gasteiger partial charge in [-0.05, 0) is 47.8 Å². The van der Waals surface area contributed by atoms with Gasteiger partial charge in [0.1, 0.15) is 5.00 Å². The minimum Gasteiger partial charge on any atom is -0.465 e. The van der Waals surface area contributed by atoms with Gasteiger partial charge in [0.15, 0.2) is 5.11 Å². The van der Waals surface area contributed by atoms with Crippen LogP contribution in [0.15, 0.2) is 54.6 Å². The van der Waals surface area contributed by atoms with Gasteiger partial charge in [-0.25, -0.2) is 4.79 Å². The van der Waals surface area contributed by atoms with E-state index in [1.165, 1.54) is 29.6 Å². The average molecular weight is 439 g/mol. The number of hydrogen-bond acceptors (Lipinski definition) is 4. The predicted molar refractivity (Wildman–Crippen MR) is 130 cm³/mol. The van der Waals surface area contributed by atoms with Gasteiger partial charge in [-0.3, -0.25) is 0 Å². The van der Waals surface area contributed by atoms with Crippen LogP contribution < -0.4 is 10.6 Å². The second-order valence-electron chi connectivity index (χ2n) is 7.38. The number of methoxy groups -OCH3 is 1. The molecule has 1 aromatic heterocycles. The highest BCUT2D eigenvalue weighted by molar-refractivity contribution is 7.80. The van der Waals surface area contributed by atoms with Crippen molar-refractivity contribution in [3.63, 3.8) is 0 Å². The molecule has 30 heavy (non-hydrogen) atoms. The van der Waals surface area contributed by atoms with Crippen LogP contribution in [0.25, 0.3) is 0 Å². The summed E-state index contributed by atoms with van der Waals surface area (Å²) in [6, 6.07) is 18.2. The van der Waals surface area contributed by atoms with E-state index in [4.69, 9.17) is 17.0 Å². The number of thiocarbonyl (C=S) groups is 1. The topological polar surface area (TPSA) is 50.4 Å². The maximum absolute atomic E-state index is 12.3. The molecule has 0 bridgehead atoms. The second-order valence-corrected chi connectivity index (χ2v) is 8.93. The maximum Gasteiger partial charge on any atom is 0.340 e. The Bertz CT molecular complexity index is 1040. The number of para-hydroxylation sites is 1. The number of hydrogen-bond donors (Lipinski definition) is 2. The molecule has 0 aliphatic heterocycles. The van der Waals surface area contributed by atoms with Crippen molar-refractivity contribution in [1.82, 2.24) is 0 Å². The highest BCUT2D eigenvalue weighted by atomic mass is 32.1. The summed E-state index contributed by atoms with van der Waals surface area (Å²) in [7, 11) is 1.39. The third kappa shape index (κ3) is 5.26. The van der Waals surface area contributed by atoms with Gasteiger partial charge in [-0.15, -0.1) is 11.3 Å². The molecule has 0 saturated heterocycles. The van der Waals surface area contributed by atoms with Gasteiger partial charge < -0.3 is 15.4 Å². The normalized spacial score (nSPS) is 10.7. The van der Waals surface area contributed by atoms with Crippen molar-refractivity contribution in [3.8, 4) is 0 Å². The Hall–Kier alpha value is -2.70. The molecule has 0 fully saturated rings. The summed E-state index contributed by atoms with van der Waals surface area (Å²) >= 11 is 7.09. The Kier molecular flexibility index (Phi) is 7.24. The molecule has 4 nitrogen and oxygen atoms in total. The Balaban J connectivity index is 1.83. The number of rotatable bonds is 6. The van der Waals surface area contributed by atoms with Crippen LogP contribution in [-0.4, -0.2) is 18.2 Å². The van der Waals surface area contributed by atoms with Gasteiger partial charge in [-0.1, -0.05) is 62.4 Å². The van der Waals surface area contributed by atoms with Crippen LogP contribution in [-0.2, 0) is 11.2 Å². The van der Waals surface area contributed by atoms with E-state index in [0.29, 0.717) is 21.6 Å². The summed E-state index contributed by atoms with van der Waals surface area (Å²) in [5.74, 6) is -0.0188. The number of ether oxygens (including phenoxy) is 1. The SMILES string of the molecule is COC(=O)c1cc(Cc2ccccc2)sc1NC(=S)Nc1c(C)cccc1C(C)C. The van der Waals surface area contributed by atoms with Crippen LogP contribution in [0.1, 0.15) is 51.7 Å². The Labute approximate surface area is 187 Å². The van der Waals surface area contributed by atoms with E-state index < -0.39 is 0 Å². The Morgan fingerprint density at radius 1 is 1.10 bits per heavy atom. The van der Waals surface area contributed by atoms with Gasteiger partial charge >= 0.3 is 5.97 Å². The molecule has 2 aromatic carbocycles. The average Bonchev–Trinajstić information content (AvgIpc) is 3.11. The zero-order valence-electron chi connectivity index (χ0n) is 17.6. The Morgan fingerprint density at radius 3 is 2.50 bits per heavy atom. The fourth-order valence-corrected chi connectivity index (χ4v) is 4.62. The van der Waals surface area contributed by atoms with E-state index in [-0.39, 0.29) is 5.97 Å². The molecule has 0 unspecified atom stereocenters. The zero-order valence-corrected chi connectivity index (χ0v) is 19.2. The number of carbonyl (C=O) groups is 1. The highest BCUT2D eigenvalue weighted by Gasteiger charge is 2.19. The van der Waals surface area contributed by atoms with Crippen LogP contribution in [0.5, 0.6) is 0 Å². The van der Waals surface area contributed by atoms with Crippen molar-refractivity contribution < 1.29 is 9.53 Å². The first kappa shape index (κ1) is 22.0. The van der Waals surface area contributed by atoms with E-state index >= 15 is 0 Å². The molecule has 0 saturated carbocycles. The molecule has 0 spiro atoms. The maximum atomic E-state index is 12.3. The summed E-state index contributed by atoms with van der Waals surface area (Å²) in [6.07, 6.45) is 0.743. The van der Waals surface area contributed by atoms with Crippen LogP contribution in [0.4, 0.5) is 10.7 Å². The first-order valence-electron chi connectivity index (χ1n) is 9.81. The quantitative estimate of drug-likeness (QED) is 0.346. The number of thiophene rings is 1. The van der Waals surface area contributed by atoms with Crippen molar-refractivity contribution in [2.75, 3.05) is 17.7 Å². The van der Waals surface area contributed by atoms with Crippen molar-refractivity contribution in [2.24, 2.45) is 0 Å². The molecule has 0 atom stereocenters. The minimum atomic E-state index is -0.380. The van der Waals surface area contributed by atoms with Crippen molar-refractivity contribution in [1.29, 1.82) is 0 Å². The lowest BCUT2D eigenvalue weighted by atomic mass is 9.98. The number of esters is 1. The van der Waals surface area contributed by atoms with Crippen LogP contribution in [0.2, 0.25) is 0 Å². The molecule has 0 amide bonds. The van der Waals surface area contributed by atoms with Gasteiger partial charge in [0.05, 0.1) is 12.7 Å². The minimum absolute atomic E-state index is 0.361. The molecule has 3 rings (SSSR count). The second kappa shape index (κ2) is 9.87. The van der Waals surface area contributed by atoms with E-state index in [1.54, 1.807) is 0 Å². The van der Waals surface area contributed by atoms with Gasteiger partial charge in [0, 0.05) is 17.0 Å². The molecular weight excluding hydrogens is 412 g/mol. The van der Waals surface area contributed by atoms with Crippen molar-refractivity contribution >= 4 is 45.3 Å². The summed E-state index contributed by atoms with van der Waals surface area (Å²) in [6.45, 7) is 6.36. The van der Waals surface area contributed by atoms with Crippen LogP contribution >= 0.6 is 23.6 Å².